The largest absolute Gasteiger partial charge is 0.444 e. The minimum absolute atomic E-state index is 0.0457. The predicted octanol–water partition coefficient (Wildman–Crippen LogP) is 3.42. The number of nitrogens with one attached hydrogen (secondary N) is 1. The van der Waals surface area contributed by atoms with Crippen molar-refractivity contribution in [2.75, 3.05) is 18.1 Å². The van der Waals surface area contributed by atoms with Crippen LogP contribution in [0.5, 0.6) is 0 Å². The number of ether oxygens (including phenoxy) is 1. The van der Waals surface area contributed by atoms with Crippen molar-refractivity contribution in [1.82, 2.24) is 10.2 Å². The molecule has 0 spiro atoms. The molecule has 1 aromatic carbocycles. The molecule has 1 heterocycles. The Hall–Kier alpha value is -2.54. The summed E-state index contributed by atoms with van der Waals surface area (Å²) in [5, 5.41) is 4.57. The Labute approximate surface area is 167 Å². The van der Waals surface area contributed by atoms with Crippen molar-refractivity contribution in [3.63, 3.8) is 0 Å². The molecule has 2 rings (SSSR count). The molecule has 28 heavy (non-hydrogen) atoms. The van der Waals surface area contributed by atoms with Crippen molar-refractivity contribution in [1.29, 1.82) is 0 Å². The smallest absolute Gasteiger partial charge is 0.410 e. The number of nitrogens with two attached hydrogens (primary N) is 1. The Balaban J connectivity index is 1.84. The van der Waals surface area contributed by atoms with Gasteiger partial charge in [0.1, 0.15) is 5.60 Å². The van der Waals surface area contributed by atoms with Crippen LogP contribution in [0.25, 0.3) is 0 Å². The Morgan fingerprint density at radius 1 is 1.25 bits per heavy atom. The summed E-state index contributed by atoms with van der Waals surface area (Å²) in [7, 11) is 0. The molecule has 154 valence electrons. The molecule has 0 unspecified atom stereocenters. The zero-order valence-electron chi connectivity index (χ0n) is 17.3. The fourth-order valence-electron chi connectivity index (χ4n) is 2.89. The minimum Gasteiger partial charge on any atom is -0.444 e. The van der Waals surface area contributed by atoms with Crippen LogP contribution in [0.2, 0.25) is 0 Å². The number of benzene rings is 1. The Kier molecular flexibility index (Phi) is 7.45. The number of nitrogens with zero attached hydrogens (tertiary/aromatic N) is 2. The van der Waals surface area contributed by atoms with Gasteiger partial charge in [0.05, 0.1) is 5.69 Å². The first-order chi connectivity index (χ1) is 13.2. The van der Waals surface area contributed by atoms with E-state index in [9.17, 15) is 9.59 Å². The number of hydrazine groups is 1. The summed E-state index contributed by atoms with van der Waals surface area (Å²) in [4.78, 5) is 26.3. The number of anilines is 1. The highest BCUT2D eigenvalue weighted by atomic mass is 16.6. The number of amides is 2. The van der Waals surface area contributed by atoms with E-state index in [1.54, 1.807) is 23.2 Å². The van der Waals surface area contributed by atoms with Crippen LogP contribution in [0.4, 0.5) is 10.5 Å². The van der Waals surface area contributed by atoms with Crippen molar-refractivity contribution in [3.8, 4) is 0 Å². The number of hydrogen-bond donors (Lipinski definition) is 2. The second-order valence-corrected chi connectivity index (χ2v) is 7.96. The molecule has 2 amide bonds. The van der Waals surface area contributed by atoms with Gasteiger partial charge in [0.2, 0.25) is 0 Å². The lowest BCUT2D eigenvalue weighted by atomic mass is 10.0. The first kappa shape index (κ1) is 21.8. The quantitative estimate of drug-likeness (QED) is 0.596. The van der Waals surface area contributed by atoms with E-state index in [1.165, 1.54) is 5.01 Å². The SMILES string of the molecule is CC/C=C\N(N)c1ccc(C(=O)NC2CCN(C(=O)OC(C)(C)C)CC2)cc1. The molecule has 1 aliphatic heterocycles. The van der Waals surface area contributed by atoms with Crippen LogP contribution >= 0.6 is 0 Å². The van der Waals surface area contributed by atoms with Gasteiger partial charge >= 0.3 is 6.09 Å². The first-order valence-corrected chi connectivity index (χ1v) is 9.79. The summed E-state index contributed by atoms with van der Waals surface area (Å²) >= 11 is 0. The second-order valence-electron chi connectivity index (χ2n) is 7.96. The van der Waals surface area contributed by atoms with E-state index in [0.29, 0.717) is 31.5 Å². The summed E-state index contributed by atoms with van der Waals surface area (Å²) in [5.74, 6) is 5.82. The van der Waals surface area contributed by atoms with Crippen LogP contribution in [0, 0.1) is 0 Å². The molecule has 7 heteroatoms. The van der Waals surface area contributed by atoms with Gasteiger partial charge in [-0.15, -0.1) is 0 Å². The third kappa shape index (κ3) is 6.56. The van der Waals surface area contributed by atoms with Crippen molar-refractivity contribution in [2.45, 2.75) is 58.6 Å². The maximum Gasteiger partial charge on any atom is 0.410 e. The Morgan fingerprint density at radius 3 is 2.39 bits per heavy atom. The van der Waals surface area contributed by atoms with Crippen LogP contribution < -0.4 is 16.2 Å². The summed E-state index contributed by atoms with van der Waals surface area (Å²) in [6.07, 6.45) is 5.79. The van der Waals surface area contributed by atoms with Crippen LogP contribution in [-0.2, 0) is 4.74 Å². The lowest BCUT2D eigenvalue weighted by molar-refractivity contribution is 0.0199. The average Bonchev–Trinajstić information content (AvgIpc) is 2.65. The van der Waals surface area contributed by atoms with E-state index >= 15 is 0 Å². The highest BCUT2D eigenvalue weighted by molar-refractivity contribution is 5.94. The van der Waals surface area contributed by atoms with Crippen molar-refractivity contribution >= 4 is 17.7 Å². The number of carbonyl (C=O) groups is 2. The highest BCUT2D eigenvalue weighted by Crippen LogP contribution is 2.17. The lowest BCUT2D eigenvalue weighted by Gasteiger charge is -2.33. The maximum absolute atomic E-state index is 12.5. The molecular formula is C21H32N4O3. The molecule has 7 nitrogen and oxygen atoms in total. The molecule has 1 aromatic rings. The van der Waals surface area contributed by atoms with Gasteiger partial charge in [-0.05, 0) is 64.3 Å². The van der Waals surface area contributed by atoms with E-state index in [0.717, 1.165) is 12.1 Å². The normalized spacial score (nSPS) is 15.5. The second kappa shape index (κ2) is 9.59. The van der Waals surface area contributed by atoms with Crippen LogP contribution in [-0.4, -0.2) is 41.6 Å². The number of likely N-dealkylation sites (tertiary alicyclic amines) is 1. The Bertz CT molecular complexity index is 687. The average molecular weight is 389 g/mol. The fraction of sp³-hybridized carbons (Fsp3) is 0.524. The third-order valence-electron chi connectivity index (χ3n) is 4.41. The molecule has 0 aliphatic carbocycles. The highest BCUT2D eigenvalue weighted by Gasteiger charge is 2.27. The summed E-state index contributed by atoms with van der Waals surface area (Å²) < 4.78 is 5.40. The molecule has 0 bridgehead atoms. The number of piperidine rings is 1. The molecular weight excluding hydrogens is 356 g/mol. The van der Waals surface area contributed by atoms with Crippen LogP contribution in [0.15, 0.2) is 36.5 Å². The van der Waals surface area contributed by atoms with E-state index in [4.69, 9.17) is 10.6 Å². The topological polar surface area (TPSA) is 87.9 Å². The van der Waals surface area contributed by atoms with Gasteiger partial charge in [0, 0.05) is 30.9 Å². The predicted molar refractivity (Wildman–Crippen MR) is 111 cm³/mol. The molecule has 0 atom stereocenters. The molecule has 1 aliphatic rings. The molecule has 0 aromatic heterocycles. The molecule has 3 N–H and O–H groups in total. The lowest BCUT2D eigenvalue weighted by Crippen LogP contribution is -2.47. The zero-order chi connectivity index (χ0) is 20.7. The number of rotatable bonds is 5. The monoisotopic (exact) mass is 388 g/mol. The van der Waals surface area contributed by atoms with Gasteiger partial charge in [0.25, 0.3) is 5.91 Å². The summed E-state index contributed by atoms with van der Waals surface area (Å²) in [5.41, 5.74) is 0.901. The van der Waals surface area contributed by atoms with Crippen molar-refractivity contribution < 1.29 is 14.3 Å². The third-order valence-corrected chi connectivity index (χ3v) is 4.41. The van der Waals surface area contributed by atoms with E-state index in [2.05, 4.69) is 5.32 Å². The van der Waals surface area contributed by atoms with Crippen LogP contribution in [0.3, 0.4) is 0 Å². The number of hydrogen-bond acceptors (Lipinski definition) is 5. The van der Waals surface area contributed by atoms with Gasteiger partial charge in [-0.25, -0.2) is 10.6 Å². The first-order valence-electron chi connectivity index (χ1n) is 9.79. The number of allylic oxidation sites excluding steroid dienone is 1. The van der Waals surface area contributed by atoms with E-state index in [1.807, 2.05) is 45.9 Å². The summed E-state index contributed by atoms with van der Waals surface area (Å²) in [6.45, 7) is 8.75. The Morgan fingerprint density at radius 2 is 1.86 bits per heavy atom. The molecule has 0 saturated carbocycles. The maximum atomic E-state index is 12.5. The van der Waals surface area contributed by atoms with E-state index in [-0.39, 0.29) is 18.0 Å². The van der Waals surface area contributed by atoms with Gasteiger partial charge in [-0.1, -0.05) is 13.0 Å². The van der Waals surface area contributed by atoms with Crippen molar-refractivity contribution in [3.05, 3.63) is 42.1 Å². The summed E-state index contributed by atoms with van der Waals surface area (Å²) in [6, 6.07) is 7.21. The standard InChI is InChI=1S/C21H32N4O3/c1-5-6-13-25(22)18-9-7-16(8-10-18)19(26)23-17-11-14-24(15-12-17)20(27)28-21(2,3)4/h6-10,13,17H,5,11-12,14-15,22H2,1-4H3,(H,23,26)/b13-6-. The molecule has 1 fully saturated rings. The fourth-order valence-corrected chi connectivity index (χ4v) is 2.89. The van der Waals surface area contributed by atoms with Gasteiger partial charge in [-0.2, -0.15) is 0 Å². The van der Waals surface area contributed by atoms with Crippen molar-refractivity contribution in [2.24, 2.45) is 5.84 Å². The number of carbonyl (C=O) groups excluding carboxylic acids is 2. The van der Waals surface area contributed by atoms with Gasteiger partial charge < -0.3 is 15.0 Å². The zero-order valence-corrected chi connectivity index (χ0v) is 17.3. The minimum atomic E-state index is -0.500. The molecule has 0 radical (unpaired) electrons. The molecule has 1 saturated heterocycles. The van der Waals surface area contributed by atoms with Gasteiger partial charge in [-0.3, -0.25) is 9.80 Å². The van der Waals surface area contributed by atoms with Crippen LogP contribution in [0.1, 0.15) is 57.3 Å². The van der Waals surface area contributed by atoms with Gasteiger partial charge in [0.15, 0.2) is 0 Å². The van der Waals surface area contributed by atoms with E-state index < -0.39 is 5.60 Å².